The Morgan fingerprint density at radius 3 is 2.47 bits per heavy atom. The number of benzene rings is 1. The quantitative estimate of drug-likeness (QED) is 0.757. The fourth-order valence-corrected chi connectivity index (χ4v) is 1.28. The third-order valence-electron chi connectivity index (χ3n) is 2.15. The lowest BCUT2D eigenvalue weighted by atomic mass is 10.1. The van der Waals surface area contributed by atoms with Crippen LogP contribution in [0, 0.1) is 6.92 Å². The number of methoxy groups -OCH3 is 1. The van der Waals surface area contributed by atoms with E-state index in [4.69, 9.17) is 4.74 Å². The van der Waals surface area contributed by atoms with Gasteiger partial charge in [0.1, 0.15) is 0 Å². The van der Waals surface area contributed by atoms with Crippen molar-refractivity contribution in [2.45, 2.75) is 19.9 Å². The standard InChI is InChI=1S/C12H19NO.ClH/c1-11-4-6-12(7-5-11)10-13-8-3-9-14-2;/h4-7,13H,3,8-10H2,1-2H3;1H. The van der Waals surface area contributed by atoms with Gasteiger partial charge in [0.2, 0.25) is 0 Å². The highest BCUT2D eigenvalue weighted by Gasteiger charge is 1.91. The van der Waals surface area contributed by atoms with Gasteiger partial charge in [-0.3, -0.25) is 0 Å². The first kappa shape index (κ1) is 14.4. The zero-order chi connectivity index (χ0) is 10.2. The number of ether oxygens (including phenoxy) is 1. The van der Waals surface area contributed by atoms with Gasteiger partial charge < -0.3 is 10.1 Å². The maximum atomic E-state index is 4.97. The fraction of sp³-hybridized carbons (Fsp3) is 0.500. The van der Waals surface area contributed by atoms with Crippen molar-refractivity contribution in [3.63, 3.8) is 0 Å². The molecule has 0 amide bonds. The fourth-order valence-electron chi connectivity index (χ4n) is 1.28. The highest BCUT2D eigenvalue weighted by molar-refractivity contribution is 5.85. The Morgan fingerprint density at radius 2 is 1.87 bits per heavy atom. The Morgan fingerprint density at radius 1 is 1.20 bits per heavy atom. The second-order valence-electron chi connectivity index (χ2n) is 3.51. The monoisotopic (exact) mass is 229 g/mol. The van der Waals surface area contributed by atoms with Crippen LogP contribution in [-0.4, -0.2) is 20.3 Å². The lowest BCUT2D eigenvalue weighted by molar-refractivity contribution is 0.194. The van der Waals surface area contributed by atoms with Gasteiger partial charge in [0.15, 0.2) is 0 Å². The molecule has 1 rings (SSSR count). The molecule has 0 aromatic heterocycles. The molecule has 0 aliphatic carbocycles. The minimum absolute atomic E-state index is 0. The second-order valence-corrected chi connectivity index (χ2v) is 3.51. The van der Waals surface area contributed by atoms with E-state index in [0.29, 0.717) is 0 Å². The van der Waals surface area contributed by atoms with E-state index in [1.165, 1.54) is 11.1 Å². The van der Waals surface area contributed by atoms with Gasteiger partial charge in [-0.05, 0) is 25.5 Å². The van der Waals surface area contributed by atoms with E-state index in [9.17, 15) is 0 Å². The van der Waals surface area contributed by atoms with Gasteiger partial charge in [-0.2, -0.15) is 0 Å². The Balaban J connectivity index is 0.00000196. The van der Waals surface area contributed by atoms with Gasteiger partial charge >= 0.3 is 0 Å². The summed E-state index contributed by atoms with van der Waals surface area (Å²) in [5, 5.41) is 3.38. The second kappa shape index (κ2) is 8.72. The highest BCUT2D eigenvalue weighted by Crippen LogP contribution is 2.02. The molecule has 0 spiro atoms. The molecule has 1 N–H and O–H groups in total. The summed E-state index contributed by atoms with van der Waals surface area (Å²) in [6.07, 6.45) is 1.07. The van der Waals surface area contributed by atoms with Crippen LogP contribution in [0.4, 0.5) is 0 Å². The van der Waals surface area contributed by atoms with Gasteiger partial charge in [0.25, 0.3) is 0 Å². The number of nitrogens with one attached hydrogen (secondary N) is 1. The Kier molecular flexibility index (Phi) is 8.38. The van der Waals surface area contributed by atoms with E-state index in [0.717, 1.165) is 26.1 Å². The predicted molar refractivity (Wildman–Crippen MR) is 66.6 cm³/mol. The summed E-state index contributed by atoms with van der Waals surface area (Å²) in [5.74, 6) is 0. The van der Waals surface area contributed by atoms with Crippen molar-refractivity contribution in [2.24, 2.45) is 0 Å². The third-order valence-corrected chi connectivity index (χ3v) is 2.15. The zero-order valence-electron chi connectivity index (χ0n) is 9.45. The molecule has 0 aliphatic heterocycles. The SMILES string of the molecule is COCCCNCc1ccc(C)cc1.Cl. The molecule has 0 radical (unpaired) electrons. The largest absolute Gasteiger partial charge is 0.385 e. The van der Waals surface area contributed by atoms with E-state index in [1.807, 2.05) is 0 Å². The minimum atomic E-state index is 0. The molecule has 3 heteroatoms. The Labute approximate surface area is 98.4 Å². The van der Waals surface area contributed by atoms with Gasteiger partial charge in [-0.25, -0.2) is 0 Å². The average molecular weight is 230 g/mol. The summed E-state index contributed by atoms with van der Waals surface area (Å²) in [5.41, 5.74) is 2.65. The summed E-state index contributed by atoms with van der Waals surface area (Å²) in [6.45, 7) is 4.91. The molecule has 0 bridgehead atoms. The van der Waals surface area contributed by atoms with Crippen LogP contribution in [-0.2, 0) is 11.3 Å². The highest BCUT2D eigenvalue weighted by atomic mass is 35.5. The first-order valence-electron chi connectivity index (χ1n) is 5.08. The molecule has 0 unspecified atom stereocenters. The van der Waals surface area contributed by atoms with E-state index in [-0.39, 0.29) is 12.4 Å². The van der Waals surface area contributed by atoms with Crippen LogP contribution >= 0.6 is 12.4 Å². The maximum Gasteiger partial charge on any atom is 0.0474 e. The van der Waals surface area contributed by atoms with Crippen LogP contribution in [0.2, 0.25) is 0 Å². The number of halogens is 1. The number of rotatable bonds is 6. The molecule has 15 heavy (non-hydrogen) atoms. The molecule has 0 heterocycles. The van der Waals surface area contributed by atoms with Gasteiger partial charge in [0.05, 0.1) is 0 Å². The predicted octanol–water partition coefficient (Wildman–Crippen LogP) is 2.54. The van der Waals surface area contributed by atoms with E-state index in [2.05, 4.69) is 36.5 Å². The molecule has 1 aromatic carbocycles. The van der Waals surface area contributed by atoms with Crippen molar-refractivity contribution in [3.05, 3.63) is 35.4 Å². The Hall–Kier alpha value is -0.570. The van der Waals surface area contributed by atoms with Crippen LogP contribution < -0.4 is 5.32 Å². The van der Waals surface area contributed by atoms with Crippen LogP contribution in [0.1, 0.15) is 17.5 Å². The van der Waals surface area contributed by atoms with Crippen molar-refractivity contribution in [1.82, 2.24) is 5.32 Å². The topological polar surface area (TPSA) is 21.3 Å². The average Bonchev–Trinajstić information content (AvgIpc) is 2.21. The van der Waals surface area contributed by atoms with Crippen LogP contribution in [0.25, 0.3) is 0 Å². The molecule has 1 aromatic rings. The molecule has 86 valence electrons. The summed E-state index contributed by atoms with van der Waals surface area (Å²) in [6, 6.07) is 8.62. The van der Waals surface area contributed by atoms with E-state index < -0.39 is 0 Å². The smallest absolute Gasteiger partial charge is 0.0474 e. The van der Waals surface area contributed by atoms with Gasteiger partial charge in [0, 0.05) is 20.3 Å². The third kappa shape index (κ3) is 6.50. The molecule has 0 atom stereocenters. The van der Waals surface area contributed by atoms with E-state index >= 15 is 0 Å². The molecular weight excluding hydrogens is 210 g/mol. The first-order valence-corrected chi connectivity index (χ1v) is 5.08. The molecule has 2 nitrogen and oxygen atoms in total. The minimum Gasteiger partial charge on any atom is -0.385 e. The number of aryl methyl sites for hydroxylation is 1. The van der Waals surface area contributed by atoms with Crippen LogP contribution in [0.5, 0.6) is 0 Å². The maximum absolute atomic E-state index is 4.97. The van der Waals surface area contributed by atoms with Gasteiger partial charge in [-0.15, -0.1) is 12.4 Å². The number of hydrogen-bond donors (Lipinski definition) is 1. The van der Waals surface area contributed by atoms with Crippen LogP contribution in [0.15, 0.2) is 24.3 Å². The van der Waals surface area contributed by atoms with Crippen molar-refractivity contribution in [1.29, 1.82) is 0 Å². The van der Waals surface area contributed by atoms with Crippen molar-refractivity contribution >= 4 is 12.4 Å². The molecule has 0 fully saturated rings. The molecule has 0 aliphatic rings. The van der Waals surface area contributed by atoms with E-state index in [1.54, 1.807) is 7.11 Å². The normalized spacial score (nSPS) is 9.73. The lowest BCUT2D eigenvalue weighted by Crippen LogP contribution is -2.15. The number of hydrogen-bond acceptors (Lipinski definition) is 2. The molecule has 0 saturated heterocycles. The van der Waals surface area contributed by atoms with Crippen molar-refractivity contribution in [3.8, 4) is 0 Å². The lowest BCUT2D eigenvalue weighted by Gasteiger charge is -2.04. The van der Waals surface area contributed by atoms with Crippen molar-refractivity contribution < 1.29 is 4.74 Å². The summed E-state index contributed by atoms with van der Waals surface area (Å²) in [7, 11) is 1.74. The summed E-state index contributed by atoms with van der Waals surface area (Å²) in [4.78, 5) is 0. The zero-order valence-corrected chi connectivity index (χ0v) is 10.3. The first-order chi connectivity index (χ1) is 6.83. The molecule has 0 saturated carbocycles. The van der Waals surface area contributed by atoms with Crippen LogP contribution in [0.3, 0.4) is 0 Å². The summed E-state index contributed by atoms with van der Waals surface area (Å²) < 4.78 is 4.97. The van der Waals surface area contributed by atoms with Crippen molar-refractivity contribution in [2.75, 3.05) is 20.3 Å². The van der Waals surface area contributed by atoms with Gasteiger partial charge in [-0.1, -0.05) is 29.8 Å². The summed E-state index contributed by atoms with van der Waals surface area (Å²) >= 11 is 0. The molecular formula is C12H20ClNO. The Bertz CT molecular complexity index is 248.